The standard InChI is InChI=1S/C18H17ClN2O/c1-12-3-8-17-14(11-12)9-10-21(17)13(2)18(22)20-16-6-4-15(19)5-7-16/h3-11,13H,1-2H3,(H,20,22). The maximum absolute atomic E-state index is 12.4. The topological polar surface area (TPSA) is 34.0 Å². The van der Waals surface area contributed by atoms with Gasteiger partial charge in [0.1, 0.15) is 6.04 Å². The number of halogens is 1. The highest BCUT2D eigenvalue weighted by Gasteiger charge is 2.16. The fourth-order valence-electron chi connectivity index (χ4n) is 2.53. The van der Waals surface area contributed by atoms with Crippen molar-refractivity contribution in [2.24, 2.45) is 0 Å². The van der Waals surface area contributed by atoms with Gasteiger partial charge >= 0.3 is 0 Å². The first-order valence-corrected chi connectivity index (χ1v) is 7.56. The molecule has 3 rings (SSSR count). The number of anilines is 1. The molecule has 3 aromatic rings. The minimum Gasteiger partial charge on any atom is -0.335 e. The van der Waals surface area contributed by atoms with Crippen LogP contribution in [0.5, 0.6) is 0 Å². The Morgan fingerprint density at radius 2 is 1.86 bits per heavy atom. The number of aromatic nitrogens is 1. The number of carbonyl (C=O) groups excluding carboxylic acids is 1. The molecule has 1 heterocycles. The lowest BCUT2D eigenvalue weighted by atomic mass is 10.2. The van der Waals surface area contributed by atoms with Gasteiger partial charge in [0.2, 0.25) is 5.91 Å². The number of nitrogens with one attached hydrogen (secondary N) is 1. The Kier molecular flexibility index (Phi) is 3.90. The molecule has 4 heteroatoms. The molecule has 0 saturated carbocycles. The quantitative estimate of drug-likeness (QED) is 0.740. The van der Waals surface area contributed by atoms with Crippen LogP contribution in [0.4, 0.5) is 5.69 Å². The third kappa shape index (κ3) is 2.85. The number of hydrogen-bond acceptors (Lipinski definition) is 1. The summed E-state index contributed by atoms with van der Waals surface area (Å²) >= 11 is 5.85. The van der Waals surface area contributed by atoms with Crippen molar-refractivity contribution >= 4 is 34.1 Å². The highest BCUT2D eigenvalue weighted by Crippen LogP contribution is 2.22. The van der Waals surface area contributed by atoms with Crippen LogP contribution in [0.25, 0.3) is 10.9 Å². The van der Waals surface area contributed by atoms with Gasteiger partial charge in [0.15, 0.2) is 0 Å². The number of nitrogens with zero attached hydrogens (tertiary/aromatic N) is 1. The van der Waals surface area contributed by atoms with E-state index in [1.54, 1.807) is 24.3 Å². The van der Waals surface area contributed by atoms with Crippen molar-refractivity contribution in [1.29, 1.82) is 0 Å². The molecule has 1 atom stereocenters. The Morgan fingerprint density at radius 3 is 2.59 bits per heavy atom. The number of aryl methyl sites for hydroxylation is 1. The van der Waals surface area contributed by atoms with Gasteiger partial charge in [0.05, 0.1) is 0 Å². The summed E-state index contributed by atoms with van der Waals surface area (Å²) in [7, 11) is 0. The number of rotatable bonds is 3. The highest BCUT2D eigenvalue weighted by molar-refractivity contribution is 6.30. The van der Waals surface area contributed by atoms with Crippen molar-refractivity contribution in [3.8, 4) is 0 Å². The average Bonchev–Trinajstić information content (AvgIpc) is 2.91. The second-order valence-electron chi connectivity index (χ2n) is 5.46. The predicted octanol–water partition coefficient (Wildman–Crippen LogP) is 4.80. The molecule has 0 saturated heterocycles. The molecule has 112 valence electrons. The fourth-order valence-corrected chi connectivity index (χ4v) is 2.65. The van der Waals surface area contributed by atoms with E-state index in [9.17, 15) is 4.79 Å². The summed E-state index contributed by atoms with van der Waals surface area (Å²) in [4.78, 5) is 12.4. The molecule has 0 spiro atoms. The zero-order valence-corrected chi connectivity index (χ0v) is 13.3. The van der Waals surface area contributed by atoms with E-state index in [4.69, 9.17) is 11.6 Å². The van der Waals surface area contributed by atoms with Gasteiger partial charge in [-0.3, -0.25) is 4.79 Å². The summed E-state index contributed by atoms with van der Waals surface area (Å²) in [5, 5.41) is 4.71. The second kappa shape index (κ2) is 5.85. The Balaban J connectivity index is 1.84. The summed E-state index contributed by atoms with van der Waals surface area (Å²) in [6, 6.07) is 15.1. The van der Waals surface area contributed by atoms with E-state index in [0.717, 1.165) is 16.6 Å². The summed E-state index contributed by atoms with van der Waals surface area (Å²) in [6.45, 7) is 3.96. The van der Waals surface area contributed by atoms with Crippen molar-refractivity contribution in [2.45, 2.75) is 19.9 Å². The van der Waals surface area contributed by atoms with Gasteiger partial charge in [0, 0.05) is 22.4 Å². The zero-order chi connectivity index (χ0) is 15.7. The molecule has 0 fully saturated rings. The first-order chi connectivity index (χ1) is 10.5. The van der Waals surface area contributed by atoms with Gasteiger partial charge in [-0.1, -0.05) is 23.2 Å². The molecule has 0 radical (unpaired) electrons. The number of hydrogen-bond donors (Lipinski definition) is 1. The van der Waals surface area contributed by atoms with E-state index in [2.05, 4.69) is 30.4 Å². The van der Waals surface area contributed by atoms with Crippen molar-refractivity contribution in [2.75, 3.05) is 5.32 Å². The molecule has 0 bridgehead atoms. The van der Waals surface area contributed by atoms with Gasteiger partial charge in [-0.2, -0.15) is 0 Å². The Bertz CT molecular complexity index is 821. The molecule has 0 aliphatic carbocycles. The van der Waals surface area contributed by atoms with Gasteiger partial charge in [-0.25, -0.2) is 0 Å². The van der Waals surface area contributed by atoms with E-state index in [-0.39, 0.29) is 11.9 Å². The van der Waals surface area contributed by atoms with E-state index < -0.39 is 0 Å². The third-order valence-electron chi connectivity index (χ3n) is 3.78. The number of carbonyl (C=O) groups is 1. The largest absolute Gasteiger partial charge is 0.335 e. The molecule has 22 heavy (non-hydrogen) atoms. The summed E-state index contributed by atoms with van der Waals surface area (Å²) in [5.41, 5.74) is 3.02. The SMILES string of the molecule is Cc1ccc2c(ccn2C(C)C(=O)Nc2ccc(Cl)cc2)c1. The molecule has 1 aromatic heterocycles. The fraction of sp³-hybridized carbons (Fsp3) is 0.167. The van der Waals surface area contributed by atoms with Crippen molar-refractivity contribution in [3.63, 3.8) is 0 Å². The molecule has 1 unspecified atom stereocenters. The van der Waals surface area contributed by atoms with Crippen molar-refractivity contribution in [3.05, 3.63) is 65.3 Å². The smallest absolute Gasteiger partial charge is 0.247 e. The molecule has 3 nitrogen and oxygen atoms in total. The Morgan fingerprint density at radius 1 is 1.14 bits per heavy atom. The van der Waals surface area contributed by atoms with Crippen LogP contribution in [0.1, 0.15) is 18.5 Å². The number of benzene rings is 2. The third-order valence-corrected chi connectivity index (χ3v) is 4.04. The monoisotopic (exact) mass is 312 g/mol. The van der Waals surface area contributed by atoms with Crippen LogP contribution in [0.3, 0.4) is 0 Å². The van der Waals surface area contributed by atoms with Gasteiger partial charge in [0.25, 0.3) is 0 Å². The highest BCUT2D eigenvalue weighted by atomic mass is 35.5. The Labute approximate surface area is 134 Å². The maximum Gasteiger partial charge on any atom is 0.247 e. The van der Waals surface area contributed by atoms with Crippen LogP contribution in [-0.4, -0.2) is 10.5 Å². The normalized spacial score (nSPS) is 12.3. The minimum atomic E-state index is -0.295. The lowest BCUT2D eigenvalue weighted by Gasteiger charge is -2.15. The predicted molar refractivity (Wildman–Crippen MR) is 91.5 cm³/mol. The molecule has 0 aliphatic rings. The first-order valence-electron chi connectivity index (χ1n) is 7.18. The van der Waals surface area contributed by atoms with Crippen molar-refractivity contribution in [1.82, 2.24) is 4.57 Å². The lowest BCUT2D eigenvalue weighted by molar-refractivity contribution is -0.118. The first kappa shape index (κ1) is 14.7. The van der Waals surface area contributed by atoms with E-state index in [0.29, 0.717) is 5.02 Å². The maximum atomic E-state index is 12.4. The van der Waals surface area contributed by atoms with Crippen LogP contribution in [0, 0.1) is 6.92 Å². The molecule has 2 aromatic carbocycles. The van der Waals surface area contributed by atoms with Gasteiger partial charge in [-0.05, 0) is 61.7 Å². The van der Waals surface area contributed by atoms with Crippen LogP contribution in [-0.2, 0) is 4.79 Å². The van der Waals surface area contributed by atoms with Gasteiger partial charge in [-0.15, -0.1) is 0 Å². The summed E-state index contributed by atoms with van der Waals surface area (Å²) in [6.07, 6.45) is 1.95. The second-order valence-corrected chi connectivity index (χ2v) is 5.89. The molecule has 0 aliphatic heterocycles. The molecule has 1 amide bonds. The number of fused-ring (bicyclic) bond motifs is 1. The van der Waals surface area contributed by atoms with Crippen LogP contribution in [0.15, 0.2) is 54.7 Å². The zero-order valence-electron chi connectivity index (χ0n) is 12.5. The van der Waals surface area contributed by atoms with Crippen LogP contribution < -0.4 is 5.32 Å². The summed E-state index contributed by atoms with van der Waals surface area (Å²) < 4.78 is 1.99. The van der Waals surface area contributed by atoms with Crippen LogP contribution in [0.2, 0.25) is 5.02 Å². The van der Waals surface area contributed by atoms with E-state index in [1.807, 2.05) is 23.8 Å². The molecular weight excluding hydrogens is 296 g/mol. The van der Waals surface area contributed by atoms with E-state index in [1.165, 1.54) is 5.56 Å². The minimum absolute atomic E-state index is 0.0552. The average molecular weight is 313 g/mol. The lowest BCUT2D eigenvalue weighted by Crippen LogP contribution is -2.23. The number of amides is 1. The molecular formula is C18H17ClN2O. The van der Waals surface area contributed by atoms with Gasteiger partial charge < -0.3 is 9.88 Å². The summed E-state index contributed by atoms with van der Waals surface area (Å²) in [5.74, 6) is -0.0552. The van der Waals surface area contributed by atoms with Crippen LogP contribution >= 0.6 is 11.6 Å². The van der Waals surface area contributed by atoms with E-state index >= 15 is 0 Å². The Hall–Kier alpha value is -2.26. The van der Waals surface area contributed by atoms with Crippen molar-refractivity contribution < 1.29 is 4.79 Å². The molecule has 1 N–H and O–H groups in total.